The molecule has 7 heteroatoms. The van der Waals surface area contributed by atoms with Gasteiger partial charge in [0.05, 0.1) is 18.8 Å². The normalized spacial score (nSPS) is 12.4. The smallest absolute Gasteiger partial charge is 0.257 e. The van der Waals surface area contributed by atoms with Gasteiger partial charge in [-0.15, -0.1) is 11.3 Å². The number of nitrogens with one attached hydrogen (secondary N) is 1. The van der Waals surface area contributed by atoms with Crippen molar-refractivity contribution in [3.8, 4) is 17.0 Å². The van der Waals surface area contributed by atoms with Crippen molar-refractivity contribution in [2.75, 3.05) is 11.9 Å². The molecule has 2 aromatic carbocycles. The van der Waals surface area contributed by atoms with Crippen LogP contribution in [0, 0.1) is 0 Å². The lowest BCUT2D eigenvalue weighted by molar-refractivity contribution is 0.102. The number of hydrogen-bond donors (Lipinski definition) is 1. The Balaban J connectivity index is 1.26. The zero-order valence-electron chi connectivity index (χ0n) is 15.5. The van der Waals surface area contributed by atoms with Gasteiger partial charge in [0.25, 0.3) is 5.91 Å². The third-order valence-electron chi connectivity index (χ3n) is 4.83. The van der Waals surface area contributed by atoms with Crippen molar-refractivity contribution in [3.63, 3.8) is 0 Å². The Morgan fingerprint density at radius 1 is 1.21 bits per heavy atom. The lowest BCUT2D eigenvalue weighted by Crippen LogP contribution is -2.11. The van der Waals surface area contributed by atoms with E-state index in [0.29, 0.717) is 17.2 Å². The number of carbonyl (C=O) groups is 1. The summed E-state index contributed by atoms with van der Waals surface area (Å²) in [6.45, 7) is 1.41. The van der Waals surface area contributed by atoms with Crippen molar-refractivity contribution < 1.29 is 9.53 Å². The summed E-state index contributed by atoms with van der Waals surface area (Å²) < 4.78 is 7.40. The summed E-state index contributed by atoms with van der Waals surface area (Å²) in [4.78, 5) is 17.1. The second-order valence-corrected chi connectivity index (χ2v) is 7.67. The summed E-state index contributed by atoms with van der Waals surface area (Å²) in [6, 6.07) is 15.5. The molecule has 1 aliphatic heterocycles. The van der Waals surface area contributed by atoms with Crippen LogP contribution in [0.3, 0.4) is 0 Å². The van der Waals surface area contributed by atoms with Crippen LogP contribution in [-0.2, 0) is 13.0 Å². The molecule has 3 heterocycles. The summed E-state index contributed by atoms with van der Waals surface area (Å²) >= 11 is 1.42. The van der Waals surface area contributed by atoms with Gasteiger partial charge in [0.15, 0.2) is 5.13 Å². The maximum Gasteiger partial charge on any atom is 0.257 e. The Labute approximate surface area is 171 Å². The van der Waals surface area contributed by atoms with E-state index in [-0.39, 0.29) is 5.91 Å². The maximum absolute atomic E-state index is 12.6. The number of thiazole rings is 1. The van der Waals surface area contributed by atoms with E-state index in [1.807, 2.05) is 58.7 Å². The van der Waals surface area contributed by atoms with Crippen molar-refractivity contribution in [2.45, 2.75) is 13.0 Å². The zero-order valence-corrected chi connectivity index (χ0v) is 16.4. The molecule has 0 unspecified atom stereocenters. The predicted molar refractivity (Wildman–Crippen MR) is 112 cm³/mol. The molecule has 0 fully saturated rings. The van der Waals surface area contributed by atoms with Gasteiger partial charge in [0.1, 0.15) is 5.75 Å². The van der Waals surface area contributed by atoms with E-state index < -0.39 is 0 Å². The first kappa shape index (κ1) is 17.6. The summed E-state index contributed by atoms with van der Waals surface area (Å²) in [7, 11) is 0. The third kappa shape index (κ3) is 3.77. The van der Waals surface area contributed by atoms with E-state index in [1.54, 1.807) is 6.20 Å². The first-order chi connectivity index (χ1) is 14.2. The zero-order chi connectivity index (χ0) is 19.6. The molecule has 0 spiro atoms. The van der Waals surface area contributed by atoms with Crippen molar-refractivity contribution in [3.05, 3.63) is 83.0 Å². The van der Waals surface area contributed by atoms with Crippen LogP contribution in [0.15, 0.2) is 66.3 Å². The summed E-state index contributed by atoms with van der Waals surface area (Å²) in [5.74, 6) is 0.785. The molecule has 4 aromatic rings. The van der Waals surface area contributed by atoms with Crippen LogP contribution >= 0.6 is 11.3 Å². The van der Waals surface area contributed by atoms with E-state index in [1.165, 1.54) is 16.9 Å². The number of rotatable bonds is 5. The van der Waals surface area contributed by atoms with Crippen LogP contribution in [0.4, 0.5) is 5.13 Å². The minimum Gasteiger partial charge on any atom is -0.493 e. The lowest BCUT2D eigenvalue weighted by Gasteiger charge is -2.05. The number of aromatic nitrogens is 3. The van der Waals surface area contributed by atoms with Gasteiger partial charge in [-0.25, -0.2) is 4.98 Å². The quantitative estimate of drug-likeness (QED) is 0.542. The predicted octanol–water partition coefficient (Wildman–Crippen LogP) is 4.24. The molecule has 144 valence electrons. The van der Waals surface area contributed by atoms with E-state index in [9.17, 15) is 4.79 Å². The minimum absolute atomic E-state index is 0.168. The van der Waals surface area contributed by atoms with Gasteiger partial charge < -0.3 is 4.74 Å². The molecular formula is C22H18N4O2S. The van der Waals surface area contributed by atoms with Crippen molar-refractivity contribution >= 4 is 22.4 Å². The Hall–Kier alpha value is -3.45. The molecule has 0 bridgehead atoms. The molecule has 0 atom stereocenters. The van der Waals surface area contributed by atoms with Gasteiger partial charge in [-0.05, 0) is 47.5 Å². The number of benzene rings is 2. The lowest BCUT2D eigenvalue weighted by atomic mass is 10.1. The van der Waals surface area contributed by atoms with Crippen LogP contribution in [0.5, 0.6) is 5.75 Å². The average molecular weight is 402 g/mol. The van der Waals surface area contributed by atoms with Crippen LogP contribution in [0.1, 0.15) is 21.5 Å². The number of ether oxygens (including phenoxy) is 1. The van der Waals surface area contributed by atoms with Crippen LogP contribution in [0.2, 0.25) is 0 Å². The first-order valence-corrected chi connectivity index (χ1v) is 10.2. The number of amides is 1. The highest BCUT2D eigenvalue weighted by molar-refractivity contribution is 7.14. The highest BCUT2D eigenvalue weighted by atomic mass is 32.1. The summed E-state index contributed by atoms with van der Waals surface area (Å²) in [5, 5.41) is 9.63. The highest BCUT2D eigenvalue weighted by Gasteiger charge is 2.15. The fourth-order valence-electron chi connectivity index (χ4n) is 3.32. The van der Waals surface area contributed by atoms with E-state index in [2.05, 4.69) is 21.5 Å². The first-order valence-electron chi connectivity index (χ1n) is 9.34. The fourth-order valence-corrected chi connectivity index (χ4v) is 4.04. The van der Waals surface area contributed by atoms with Gasteiger partial charge in [-0.2, -0.15) is 5.10 Å². The monoisotopic (exact) mass is 402 g/mol. The third-order valence-corrected chi connectivity index (χ3v) is 5.59. The van der Waals surface area contributed by atoms with Crippen LogP contribution < -0.4 is 10.1 Å². The van der Waals surface area contributed by atoms with Crippen molar-refractivity contribution in [2.24, 2.45) is 0 Å². The van der Waals surface area contributed by atoms with Gasteiger partial charge in [-0.1, -0.05) is 12.1 Å². The van der Waals surface area contributed by atoms with Crippen molar-refractivity contribution in [1.29, 1.82) is 0 Å². The second kappa shape index (κ2) is 7.52. The topological polar surface area (TPSA) is 69.0 Å². The molecule has 0 radical (unpaired) electrons. The maximum atomic E-state index is 12.6. The standard InChI is InChI=1S/C22H18N4O2S/c27-21(16-4-2-15(3-5-16)13-26-10-1-9-23-26)25-22-24-19(14-29-22)17-6-7-20-18(12-17)8-11-28-20/h1-7,9-10,12,14H,8,11,13H2,(H,24,25,27). The van der Waals surface area contributed by atoms with Gasteiger partial charge >= 0.3 is 0 Å². The molecule has 5 rings (SSSR count). The van der Waals surface area contributed by atoms with Gasteiger partial charge in [0, 0.05) is 35.3 Å². The van der Waals surface area contributed by atoms with Crippen molar-refractivity contribution in [1.82, 2.24) is 14.8 Å². The second-order valence-electron chi connectivity index (χ2n) is 6.81. The Morgan fingerprint density at radius 2 is 2.10 bits per heavy atom. The van der Waals surface area contributed by atoms with E-state index in [4.69, 9.17) is 4.74 Å². The number of nitrogens with zero attached hydrogens (tertiary/aromatic N) is 3. The fraction of sp³-hybridized carbons (Fsp3) is 0.136. The highest BCUT2D eigenvalue weighted by Crippen LogP contribution is 2.32. The summed E-state index contributed by atoms with van der Waals surface area (Å²) in [6.07, 6.45) is 4.59. The minimum atomic E-state index is -0.168. The number of anilines is 1. The molecule has 1 aliphatic rings. The number of hydrogen-bond acceptors (Lipinski definition) is 5. The number of carbonyl (C=O) groups excluding carboxylic acids is 1. The largest absolute Gasteiger partial charge is 0.493 e. The Kier molecular flexibility index (Phi) is 4.57. The molecule has 6 nitrogen and oxygen atoms in total. The Bertz CT molecular complexity index is 1150. The summed E-state index contributed by atoms with van der Waals surface area (Å²) in [5.41, 5.74) is 4.78. The molecule has 29 heavy (non-hydrogen) atoms. The van der Waals surface area contributed by atoms with Gasteiger partial charge in [-0.3, -0.25) is 14.8 Å². The van der Waals surface area contributed by atoms with Crippen LogP contribution in [-0.4, -0.2) is 27.3 Å². The number of fused-ring (bicyclic) bond motifs is 1. The molecule has 1 amide bonds. The van der Waals surface area contributed by atoms with E-state index in [0.717, 1.165) is 35.6 Å². The molecular weight excluding hydrogens is 384 g/mol. The molecule has 0 saturated carbocycles. The van der Waals surface area contributed by atoms with Crippen LogP contribution in [0.25, 0.3) is 11.3 Å². The Morgan fingerprint density at radius 3 is 2.93 bits per heavy atom. The molecule has 0 saturated heterocycles. The van der Waals surface area contributed by atoms with Gasteiger partial charge in [0.2, 0.25) is 0 Å². The van der Waals surface area contributed by atoms with E-state index >= 15 is 0 Å². The molecule has 0 aliphatic carbocycles. The molecule has 1 N–H and O–H groups in total. The SMILES string of the molecule is O=C(Nc1nc(-c2ccc3c(c2)CCO3)cs1)c1ccc(Cn2cccn2)cc1. The average Bonchev–Trinajstić information content (AvgIpc) is 3.50. The molecule has 2 aromatic heterocycles.